The molecule has 2 rings (SSSR count). The molecule has 3 nitrogen and oxygen atoms in total. The summed E-state index contributed by atoms with van der Waals surface area (Å²) in [5.41, 5.74) is 4.10. The minimum Gasteiger partial charge on any atom is -0.212 e. The minimum atomic E-state index is -3.36. The molecule has 0 heterocycles. The molecule has 0 saturated heterocycles. The van der Waals surface area contributed by atoms with Crippen LogP contribution in [0.3, 0.4) is 0 Å². The molecule has 0 bridgehead atoms. The molecular weight excluding hydrogens is 294 g/mol. The molecule has 0 saturated carbocycles. The molecule has 0 spiro atoms. The summed E-state index contributed by atoms with van der Waals surface area (Å²) < 4.78 is 27.4. The molecule has 2 aromatic carbocycles. The van der Waals surface area contributed by atoms with E-state index in [-0.39, 0.29) is 11.8 Å². The molecule has 0 aliphatic heterocycles. The van der Waals surface area contributed by atoms with Gasteiger partial charge in [-0.2, -0.15) is 0 Å². The highest BCUT2D eigenvalue weighted by molar-refractivity contribution is 7.88. The van der Waals surface area contributed by atoms with E-state index in [1.54, 1.807) is 0 Å². The summed E-state index contributed by atoms with van der Waals surface area (Å²) in [6.45, 7) is 5.93. The zero-order valence-corrected chi connectivity index (χ0v) is 14.2. The van der Waals surface area contributed by atoms with Crippen molar-refractivity contribution in [2.45, 2.75) is 39.0 Å². The summed E-state index contributed by atoms with van der Waals surface area (Å²) in [4.78, 5) is 0. The number of sulfonamides is 1. The van der Waals surface area contributed by atoms with Gasteiger partial charge in [-0.05, 0) is 37.0 Å². The van der Waals surface area contributed by atoms with Gasteiger partial charge >= 0.3 is 0 Å². The lowest BCUT2D eigenvalue weighted by atomic mass is 10.1. The summed E-state index contributed by atoms with van der Waals surface area (Å²) in [5, 5.41) is 0. The number of hydrogen-bond donors (Lipinski definition) is 1. The zero-order chi connectivity index (χ0) is 16.2. The summed E-state index contributed by atoms with van der Waals surface area (Å²) in [5.74, 6) is 0.00602. The van der Waals surface area contributed by atoms with Crippen LogP contribution in [0.5, 0.6) is 0 Å². The SMILES string of the molecule is CCc1ccc([C@@H](C)NS(=O)(=O)Cc2cccc(C)c2)cc1. The van der Waals surface area contributed by atoms with Crippen LogP contribution in [-0.4, -0.2) is 8.42 Å². The highest BCUT2D eigenvalue weighted by atomic mass is 32.2. The Bertz CT molecular complexity index is 721. The Morgan fingerprint density at radius 3 is 2.32 bits per heavy atom. The van der Waals surface area contributed by atoms with Crippen molar-refractivity contribution in [1.82, 2.24) is 4.72 Å². The van der Waals surface area contributed by atoms with Crippen molar-refractivity contribution < 1.29 is 8.42 Å². The molecule has 0 aliphatic rings. The standard InChI is InChI=1S/C18H23NO2S/c1-4-16-8-10-18(11-9-16)15(3)19-22(20,21)13-17-7-5-6-14(2)12-17/h5-12,15,19H,4,13H2,1-3H3/t15-/m1/s1. The first kappa shape index (κ1) is 16.7. The van der Waals surface area contributed by atoms with Gasteiger partial charge in [0, 0.05) is 6.04 Å². The van der Waals surface area contributed by atoms with Crippen molar-refractivity contribution in [2.75, 3.05) is 0 Å². The largest absolute Gasteiger partial charge is 0.216 e. The Morgan fingerprint density at radius 1 is 1.05 bits per heavy atom. The van der Waals surface area contributed by atoms with Gasteiger partial charge in [0.2, 0.25) is 10.0 Å². The first-order valence-electron chi connectivity index (χ1n) is 7.54. The molecular formula is C18H23NO2S. The van der Waals surface area contributed by atoms with Crippen molar-refractivity contribution in [3.8, 4) is 0 Å². The molecule has 2 aromatic rings. The maximum atomic E-state index is 12.3. The molecule has 4 heteroatoms. The molecule has 0 unspecified atom stereocenters. The fourth-order valence-electron chi connectivity index (χ4n) is 2.44. The molecule has 0 radical (unpaired) electrons. The predicted octanol–water partition coefficient (Wildman–Crippen LogP) is 3.74. The Hall–Kier alpha value is -1.65. The van der Waals surface area contributed by atoms with Gasteiger partial charge in [0.25, 0.3) is 0 Å². The zero-order valence-electron chi connectivity index (χ0n) is 13.3. The quantitative estimate of drug-likeness (QED) is 0.882. The Labute approximate surface area is 133 Å². The molecule has 0 fully saturated rings. The third kappa shape index (κ3) is 4.68. The summed E-state index contributed by atoms with van der Waals surface area (Å²) >= 11 is 0. The van der Waals surface area contributed by atoms with Gasteiger partial charge in [0.05, 0.1) is 5.75 Å². The van der Waals surface area contributed by atoms with E-state index in [4.69, 9.17) is 0 Å². The minimum absolute atomic E-state index is 0.00602. The summed E-state index contributed by atoms with van der Waals surface area (Å²) in [6.07, 6.45) is 0.980. The average Bonchev–Trinajstić information content (AvgIpc) is 2.46. The van der Waals surface area contributed by atoms with Gasteiger partial charge in [0.1, 0.15) is 0 Å². The molecule has 118 valence electrons. The van der Waals surface area contributed by atoms with Crippen LogP contribution in [0.1, 0.15) is 42.1 Å². The normalized spacial score (nSPS) is 13.0. The third-order valence-electron chi connectivity index (χ3n) is 3.68. The average molecular weight is 317 g/mol. The number of nitrogens with one attached hydrogen (secondary N) is 1. The fourth-order valence-corrected chi connectivity index (χ4v) is 3.82. The lowest BCUT2D eigenvalue weighted by Crippen LogP contribution is -2.28. The van der Waals surface area contributed by atoms with Crippen molar-refractivity contribution in [1.29, 1.82) is 0 Å². The summed E-state index contributed by atoms with van der Waals surface area (Å²) in [6, 6.07) is 15.4. The van der Waals surface area contributed by atoms with Crippen LogP contribution in [-0.2, 0) is 22.2 Å². The smallest absolute Gasteiger partial charge is 0.212 e. The number of benzene rings is 2. The van der Waals surface area contributed by atoms with Gasteiger partial charge in [-0.1, -0.05) is 61.0 Å². The lowest BCUT2D eigenvalue weighted by molar-refractivity contribution is 0.566. The van der Waals surface area contributed by atoms with Gasteiger partial charge < -0.3 is 0 Å². The van der Waals surface area contributed by atoms with E-state index in [0.717, 1.165) is 23.1 Å². The van der Waals surface area contributed by atoms with Crippen molar-refractivity contribution >= 4 is 10.0 Å². The Balaban J connectivity index is 2.07. The monoisotopic (exact) mass is 317 g/mol. The molecule has 0 amide bonds. The molecule has 1 N–H and O–H groups in total. The van der Waals surface area contributed by atoms with Crippen molar-refractivity contribution in [3.05, 3.63) is 70.8 Å². The highest BCUT2D eigenvalue weighted by Gasteiger charge is 2.16. The molecule has 0 aromatic heterocycles. The lowest BCUT2D eigenvalue weighted by Gasteiger charge is -2.15. The van der Waals surface area contributed by atoms with E-state index in [1.165, 1.54) is 5.56 Å². The maximum absolute atomic E-state index is 12.3. The molecule has 0 aliphatic carbocycles. The fraction of sp³-hybridized carbons (Fsp3) is 0.333. The van der Waals surface area contributed by atoms with E-state index in [2.05, 4.69) is 11.6 Å². The van der Waals surface area contributed by atoms with Crippen LogP contribution in [0.15, 0.2) is 48.5 Å². The van der Waals surface area contributed by atoms with Crippen LogP contribution in [0.25, 0.3) is 0 Å². The second-order valence-corrected chi connectivity index (χ2v) is 7.44. The van der Waals surface area contributed by atoms with Crippen LogP contribution in [0.2, 0.25) is 0 Å². The van der Waals surface area contributed by atoms with Crippen molar-refractivity contribution in [2.24, 2.45) is 0 Å². The van der Waals surface area contributed by atoms with Gasteiger partial charge in [-0.25, -0.2) is 13.1 Å². The molecule has 1 atom stereocenters. The number of rotatable bonds is 6. The topological polar surface area (TPSA) is 46.2 Å². The van der Waals surface area contributed by atoms with Gasteiger partial charge in [-0.3, -0.25) is 0 Å². The van der Waals surface area contributed by atoms with Crippen LogP contribution >= 0.6 is 0 Å². The van der Waals surface area contributed by atoms with Crippen LogP contribution < -0.4 is 4.72 Å². The van der Waals surface area contributed by atoms with E-state index < -0.39 is 10.0 Å². The molecule has 22 heavy (non-hydrogen) atoms. The van der Waals surface area contributed by atoms with Crippen LogP contribution in [0, 0.1) is 6.92 Å². The van der Waals surface area contributed by atoms with Gasteiger partial charge in [0.15, 0.2) is 0 Å². The van der Waals surface area contributed by atoms with E-state index in [1.807, 2.05) is 62.4 Å². The number of aryl methyl sites for hydroxylation is 2. The van der Waals surface area contributed by atoms with E-state index >= 15 is 0 Å². The van der Waals surface area contributed by atoms with E-state index in [0.29, 0.717) is 0 Å². The highest BCUT2D eigenvalue weighted by Crippen LogP contribution is 2.16. The first-order chi connectivity index (χ1) is 10.4. The number of hydrogen-bond acceptors (Lipinski definition) is 2. The van der Waals surface area contributed by atoms with Gasteiger partial charge in [-0.15, -0.1) is 0 Å². The summed E-state index contributed by atoms with van der Waals surface area (Å²) in [7, 11) is -3.36. The van der Waals surface area contributed by atoms with E-state index in [9.17, 15) is 8.42 Å². The second kappa shape index (κ2) is 7.07. The third-order valence-corrected chi connectivity index (χ3v) is 5.11. The predicted molar refractivity (Wildman–Crippen MR) is 91.2 cm³/mol. The van der Waals surface area contributed by atoms with Crippen LogP contribution in [0.4, 0.5) is 0 Å². The second-order valence-electron chi connectivity index (χ2n) is 5.68. The Kier molecular flexibility index (Phi) is 5.37. The maximum Gasteiger partial charge on any atom is 0.216 e. The Morgan fingerprint density at radius 2 is 1.73 bits per heavy atom. The van der Waals surface area contributed by atoms with Crippen molar-refractivity contribution in [3.63, 3.8) is 0 Å². The first-order valence-corrected chi connectivity index (χ1v) is 9.19.